The van der Waals surface area contributed by atoms with Crippen LogP contribution in [0.1, 0.15) is 19.8 Å². The van der Waals surface area contributed by atoms with Gasteiger partial charge >= 0.3 is 6.03 Å². The monoisotopic (exact) mass is 238 g/mol. The molecule has 0 aromatic rings. The van der Waals surface area contributed by atoms with Crippen LogP contribution >= 0.6 is 0 Å². The Balaban J connectivity index is 2.62. The van der Waals surface area contributed by atoms with Crippen molar-refractivity contribution in [3.05, 3.63) is 12.2 Å². The number of urea groups is 1. The van der Waals surface area contributed by atoms with E-state index in [9.17, 15) is 9.59 Å². The predicted octanol–water partition coefficient (Wildman–Crippen LogP) is 0.770. The molecule has 0 unspecified atom stereocenters. The largest absolute Gasteiger partial charge is 0.324 e. The second kappa shape index (κ2) is 6.67. The second-order valence-electron chi connectivity index (χ2n) is 3.79. The molecule has 94 valence electrons. The first-order chi connectivity index (χ1) is 8.17. The van der Waals surface area contributed by atoms with E-state index in [1.54, 1.807) is 17.1 Å². The Hall–Kier alpha value is -1.85. The molecule has 1 rings (SSSR count). The first-order valence-corrected chi connectivity index (χ1v) is 5.62. The molecule has 0 saturated carbocycles. The van der Waals surface area contributed by atoms with Crippen molar-refractivity contribution < 1.29 is 9.59 Å². The highest BCUT2D eigenvalue weighted by Crippen LogP contribution is 2.06. The van der Waals surface area contributed by atoms with Gasteiger partial charge in [0.05, 0.1) is 0 Å². The number of allylic oxidation sites excluding steroid dienone is 1. The van der Waals surface area contributed by atoms with Gasteiger partial charge < -0.3 is 4.90 Å². The van der Waals surface area contributed by atoms with Crippen molar-refractivity contribution in [3.63, 3.8) is 0 Å². The van der Waals surface area contributed by atoms with Gasteiger partial charge in [0.2, 0.25) is 6.41 Å². The van der Waals surface area contributed by atoms with Gasteiger partial charge in [0.25, 0.3) is 0 Å². The van der Waals surface area contributed by atoms with Crippen molar-refractivity contribution >= 4 is 18.3 Å². The van der Waals surface area contributed by atoms with Crippen molar-refractivity contribution in [2.24, 2.45) is 5.10 Å². The maximum atomic E-state index is 11.8. The molecule has 0 aromatic carbocycles. The molecule has 1 aliphatic rings. The van der Waals surface area contributed by atoms with E-state index in [0.717, 1.165) is 30.9 Å². The van der Waals surface area contributed by atoms with Gasteiger partial charge in [0.1, 0.15) is 0 Å². The summed E-state index contributed by atoms with van der Waals surface area (Å²) in [4.78, 5) is 24.0. The number of amides is 3. The van der Waals surface area contributed by atoms with Crippen molar-refractivity contribution in [3.8, 4) is 0 Å². The molecular weight excluding hydrogens is 220 g/mol. The number of nitrogens with zero attached hydrogens (tertiary/aromatic N) is 3. The van der Waals surface area contributed by atoms with Crippen LogP contribution in [0.5, 0.6) is 0 Å². The average molecular weight is 238 g/mol. The Bertz CT molecular complexity index is 332. The number of nitrogens with one attached hydrogen (secondary N) is 1. The van der Waals surface area contributed by atoms with E-state index in [1.807, 2.05) is 6.92 Å². The van der Waals surface area contributed by atoms with Crippen molar-refractivity contribution in [1.29, 1.82) is 0 Å². The average Bonchev–Trinajstić information content (AvgIpc) is 2.82. The first-order valence-electron chi connectivity index (χ1n) is 5.62. The number of amidine groups is 1. The molecule has 1 heterocycles. The molecule has 0 aromatic heterocycles. The van der Waals surface area contributed by atoms with Gasteiger partial charge in [-0.1, -0.05) is 6.08 Å². The predicted molar refractivity (Wildman–Crippen MR) is 65.4 cm³/mol. The van der Waals surface area contributed by atoms with E-state index < -0.39 is 0 Å². The smallest absolute Gasteiger partial charge is 0.323 e. The van der Waals surface area contributed by atoms with Crippen LogP contribution in [0.15, 0.2) is 17.3 Å². The van der Waals surface area contributed by atoms with E-state index in [2.05, 4.69) is 10.4 Å². The van der Waals surface area contributed by atoms with Crippen molar-refractivity contribution in [2.45, 2.75) is 19.8 Å². The minimum Gasteiger partial charge on any atom is -0.324 e. The van der Waals surface area contributed by atoms with Gasteiger partial charge in [-0.25, -0.2) is 9.80 Å². The summed E-state index contributed by atoms with van der Waals surface area (Å²) in [6.07, 6.45) is 6.05. The molecule has 6 heteroatoms. The van der Waals surface area contributed by atoms with Crippen LogP contribution in [0.25, 0.3) is 0 Å². The van der Waals surface area contributed by atoms with E-state index in [4.69, 9.17) is 0 Å². The Labute approximate surface area is 101 Å². The number of hydrogen-bond acceptors (Lipinski definition) is 3. The molecule has 0 aliphatic carbocycles. The zero-order valence-corrected chi connectivity index (χ0v) is 10.2. The molecule has 0 atom stereocenters. The van der Waals surface area contributed by atoms with E-state index in [0.29, 0.717) is 12.2 Å². The van der Waals surface area contributed by atoms with Crippen LogP contribution in [-0.2, 0) is 4.79 Å². The topological polar surface area (TPSA) is 65.0 Å². The Morgan fingerprint density at radius 2 is 2.06 bits per heavy atom. The zero-order valence-electron chi connectivity index (χ0n) is 10.2. The van der Waals surface area contributed by atoms with E-state index >= 15 is 0 Å². The standard InChI is InChI=1S/C11H18N4O2/c1-3-6-10(13-14(2)9-16)12-11(17)15-7-4-5-8-15/h3,6,9H,4-5,7-8H2,1-2H3,(H,12,13,17)/b6-3-. The molecule has 1 N–H and O–H groups in total. The Morgan fingerprint density at radius 1 is 1.41 bits per heavy atom. The normalized spacial score (nSPS) is 16.4. The molecule has 1 aliphatic heterocycles. The van der Waals surface area contributed by atoms with Crippen LogP contribution < -0.4 is 5.32 Å². The number of hydrogen-bond donors (Lipinski definition) is 1. The fourth-order valence-electron chi connectivity index (χ4n) is 1.56. The van der Waals surface area contributed by atoms with Gasteiger partial charge in [-0.05, 0) is 25.8 Å². The van der Waals surface area contributed by atoms with Crippen LogP contribution in [0, 0.1) is 0 Å². The van der Waals surface area contributed by atoms with E-state index in [1.165, 1.54) is 7.05 Å². The van der Waals surface area contributed by atoms with Gasteiger partial charge in [-0.15, -0.1) is 0 Å². The molecule has 0 bridgehead atoms. The molecule has 1 saturated heterocycles. The summed E-state index contributed by atoms with van der Waals surface area (Å²) >= 11 is 0. The summed E-state index contributed by atoms with van der Waals surface area (Å²) in [7, 11) is 1.51. The van der Waals surface area contributed by atoms with Gasteiger partial charge in [0.15, 0.2) is 5.84 Å². The Kier molecular flexibility index (Phi) is 5.19. The summed E-state index contributed by atoms with van der Waals surface area (Å²) < 4.78 is 0. The second-order valence-corrected chi connectivity index (χ2v) is 3.79. The van der Waals surface area contributed by atoms with Crippen molar-refractivity contribution in [2.75, 3.05) is 20.1 Å². The van der Waals surface area contributed by atoms with Gasteiger partial charge in [-0.3, -0.25) is 10.1 Å². The lowest BCUT2D eigenvalue weighted by atomic mass is 10.4. The first kappa shape index (κ1) is 13.2. The lowest BCUT2D eigenvalue weighted by molar-refractivity contribution is -0.117. The summed E-state index contributed by atoms with van der Waals surface area (Å²) in [6, 6.07) is -0.168. The zero-order chi connectivity index (χ0) is 12.7. The van der Waals surface area contributed by atoms with Gasteiger partial charge in [0, 0.05) is 20.1 Å². The van der Waals surface area contributed by atoms with Crippen LogP contribution in [0.4, 0.5) is 4.79 Å². The minimum atomic E-state index is -0.168. The SMILES string of the molecule is C/C=C\C(=N/N(C)C=O)NC(=O)N1CCCC1. The highest BCUT2D eigenvalue weighted by atomic mass is 16.2. The highest BCUT2D eigenvalue weighted by Gasteiger charge is 2.18. The van der Waals surface area contributed by atoms with E-state index in [-0.39, 0.29) is 6.03 Å². The molecular formula is C11H18N4O2. The van der Waals surface area contributed by atoms with Crippen LogP contribution in [0.3, 0.4) is 0 Å². The summed E-state index contributed by atoms with van der Waals surface area (Å²) in [5.74, 6) is 0.360. The number of carbonyl (C=O) groups excluding carboxylic acids is 2. The van der Waals surface area contributed by atoms with Crippen molar-refractivity contribution in [1.82, 2.24) is 15.2 Å². The maximum Gasteiger partial charge on any atom is 0.323 e. The molecule has 3 amide bonds. The minimum absolute atomic E-state index is 0.168. The Morgan fingerprint density at radius 3 is 2.59 bits per heavy atom. The number of hydrazone groups is 1. The number of likely N-dealkylation sites (tertiary alicyclic amines) is 1. The summed E-state index contributed by atoms with van der Waals surface area (Å²) in [5, 5.41) is 7.72. The third kappa shape index (κ3) is 4.26. The molecule has 0 radical (unpaired) electrons. The maximum absolute atomic E-state index is 11.8. The highest BCUT2D eigenvalue weighted by molar-refractivity contribution is 6.03. The number of rotatable bonds is 3. The molecule has 1 fully saturated rings. The molecule has 6 nitrogen and oxygen atoms in total. The quantitative estimate of drug-likeness (QED) is 0.341. The fraction of sp³-hybridized carbons (Fsp3) is 0.545. The number of carbonyl (C=O) groups is 2. The third-order valence-corrected chi connectivity index (χ3v) is 2.37. The van der Waals surface area contributed by atoms with Gasteiger partial charge in [-0.2, -0.15) is 5.10 Å². The van der Waals surface area contributed by atoms with Crippen LogP contribution in [0.2, 0.25) is 0 Å². The third-order valence-electron chi connectivity index (χ3n) is 2.37. The lowest BCUT2D eigenvalue weighted by Crippen LogP contribution is -2.41. The fourth-order valence-corrected chi connectivity index (χ4v) is 1.56. The lowest BCUT2D eigenvalue weighted by Gasteiger charge is -2.16. The van der Waals surface area contributed by atoms with Crippen LogP contribution in [-0.4, -0.2) is 48.3 Å². The molecule has 17 heavy (non-hydrogen) atoms. The summed E-state index contributed by atoms with van der Waals surface area (Å²) in [5.41, 5.74) is 0. The molecule has 0 spiro atoms. The summed E-state index contributed by atoms with van der Waals surface area (Å²) in [6.45, 7) is 3.37.